The summed E-state index contributed by atoms with van der Waals surface area (Å²) in [7, 11) is 0. The molecule has 7 heteroatoms. The van der Waals surface area contributed by atoms with Crippen LogP contribution in [-0.4, -0.2) is 40.2 Å². The van der Waals surface area contributed by atoms with Gasteiger partial charge in [-0.25, -0.2) is 9.18 Å². The van der Waals surface area contributed by atoms with E-state index in [0.717, 1.165) is 42.6 Å². The number of rotatable bonds is 7. The number of urea groups is 1. The van der Waals surface area contributed by atoms with E-state index in [-0.39, 0.29) is 24.3 Å². The third-order valence-corrected chi connectivity index (χ3v) is 7.41. The van der Waals surface area contributed by atoms with Crippen LogP contribution >= 0.6 is 0 Å². The third-order valence-electron chi connectivity index (χ3n) is 7.41. The molecule has 0 bridgehead atoms. The van der Waals surface area contributed by atoms with Crippen molar-refractivity contribution in [1.29, 1.82) is 0 Å². The van der Waals surface area contributed by atoms with Gasteiger partial charge in [0.05, 0.1) is 0 Å². The number of hydrogen-bond acceptors (Lipinski definition) is 3. The van der Waals surface area contributed by atoms with Crippen LogP contribution in [0.1, 0.15) is 48.8 Å². The molecular formula is C30H30FN3O3. The lowest BCUT2D eigenvalue weighted by molar-refractivity contribution is -0.140. The number of carbonyl (C=O) groups is 3. The number of hydrogen-bond donors (Lipinski definition) is 1. The van der Waals surface area contributed by atoms with Gasteiger partial charge in [0.25, 0.3) is 5.91 Å². The Morgan fingerprint density at radius 2 is 1.43 bits per heavy atom. The maximum Gasteiger partial charge on any atom is 0.326 e. The van der Waals surface area contributed by atoms with Gasteiger partial charge in [0.2, 0.25) is 5.91 Å². The average molecular weight is 500 g/mol. The van der Waals surface area contributed by atoms with Crippen LogP contribution in [0.5, 0.6) is 0 Å². The summed E-state index contributed by atoms with van der Waals surface area (Å²) in [5, 5.41) is 2.90. The quantitative estimate of drug-likeness (QED) is 0.466. The predicted octanol–water partition coefficient (Wildman–Crippen LogP) is 4.98. The van der Waals surface area contributed by atoms with Gasteiger partial charge < -0.3 is 10.2 Å². The molecule has 4 amide bonds. The molecule has 1 aliphatic heterocycles. The lowest BCUT2D eigenvalue weighted by Crippen LogP contribution is -2.48. The normalized spacial score (nSPS) is 17.5. The number of nitrogens with zero attached hydrogens (tertiary/aromatic N) is 2. The first kappa shape index (κ1) is 24.7. The van der Waals surface area contributed by atoms with Crippen LogP contribution in [0.4, 0.5) is 9.18 Å². The van der Waals surface area contributed by atoms with Crippen LogP contribution in [-0.2, 0) is 21.7 Å². The number of halogens is 1. The molecule has 1 saturated heterocycles. The molecular weight excluding hydrogens is 469 g/mol. The van der Waals surface area contributed by atoms with E-state index in [1.165, 1.54) is 12.1 Å². The maximum absolute atomic E-state index is 14.0. The van der Waals surface area contributed by atoms with E-state index in [2.05, 4.69) is 5.32 Å². The Labute approximate surface area is 216 Å². The Morgan fingerprint density at radius 3 is 2.00 bits per heavy atom. The van der Waals surface area contributed by atoms with Crippen molar-refractivity contribution in [1.82, 2.24) is 15.1 Å². The minimum Gasteiger partial charge on any atom is -0.334 e. The third kappa shape index (κ3) is 4.86. The van der Waals surface area contributed by atoms with E-state index in [1.54, 1.807) is 41.3 Å². The first-order valence-corrected chi connectivity index (χ1v) is 12.8. The van der Waals surface area contributed by atoms with Crippen LogP contribution in [0.15, 0.2) is 84.9 Å². The van der Waals surface area contributed by atoms with Crippen molar-refractivity contribution in [3.05, 3.63) is 107 Å². The van der Waals surface area contributed by atoms with Gasteiger partial charge in [-0.1, -0.05) is 92.1 Å². The molecule has 1 aliphatic carbocycles. The van der Waals surface area contributed by atoms with Gasteiger partial charge in [-0.05, 0) is 41.7 Å². The van der Waals surface area contributed by atoms with Crippen LogP contribution < -0.4 is 5.32 Å². The number of carbonyl (C=O) groups excluding carboxylic acids is 3. The van der Waals surface area contributed by atoms with Gasteiger partial charge in [-0.3, -0.25) is 14.5 Å². The Kier molecular flexibility index (Phi) is 7.04. The van der Waals surface area contributed by atoms with E-state index in [0.29, 0.717) is 17.7 Å². The van der Waals surface area contributed by atoms with E-state index >= 15 is 0 Å². The molecule has 6 nitrogen and oxygen atoms in total. The summed E-state index contributed by atoms with van der Waals surface area (Å²) < 4.78 is 13.5. The largest absolute Gasteiger partial charge is 0.334 e. The monoisotopic (exact) mass is 499 g/mol. The van der Waals surface area contributed by atoms with Crippen LogP contribution in [0.3, 0.4) is 0 Å². The first-order chi connectivity index (χ1) is 18.0. The van der Waals surface area contributed by atoms with Crippen molar-refractivity contribution in [3.63, 3.8) is 0 Å². The van der Waals surface area contributed by atoms with Crippen LogP contribution in [0.25, 0.3) is 0 Å². The number of imide groups is 1. The minimum atomic E-state index is -1.41. The zero-order valence-electron chi connectivity index (χ0n) is 20.6. The van der Waals surface area contributed by atoms with Crippen molar-refractivity contribution in [3.8, 4) is 0 Å². The van der Waals surface area contributed by atoms with Gasteiger partial charge >= 0.3 is 6.03 Å². The zero-order chi connectivity index (χ0) is 25.8. The van der Waals surface area contributed by atoms with Gasteiger partial charge in [0.1, 0.15) is 12.4 Å². The standard InChI is InChI=1S/C30H30FN3O3/c31-25-18-16-22(17-19-25)20-33(26-14-8-3-9-15-26)27(35)21-34-28(36)30(32-29(34)37,23-10-4-1-5-11-23)24-12-6-2-7-13-24/h1-2,4-7,10-13,16-19,26H,3,8-9,14-15,20-21H2,(H,32,37). The molecule has 1 saturated carbocycles. The lowest BCUT2D eigenvalue weighted by atomic mass is 9.82. The van der Waals surface area contributed by atoms with Gasteiger partial charge in [-0.15, -0.1) is 0 Å². The first-order valence-electron chi connectivity index (χ1n) is 12.8. The Hall–Kier alpha value is -4.00. The highest BCUT2D eigenvalue weighted by Gasteiger charge is 2.54. The molecule has 190 valence electrons. The second-order valence-electron chi connectivity index (χ2n) is 9.74. The molecule has 2 fully saturated rings. The van der Waals surface area contributed by atoms with E-state index in [1.807, 2.05) is 36.4 Å². The highest BCUT2D eigenvalue weighted by atomic mass is 19.1. The molecule has 3 aromatic rings. The summed E-state index contributed by atoms with van der Waals surface area (Å²) >= 11 is 0. The lowest BCUT2D eigenvalue weighted by Gasteiger charge is -2.35. The molecule has 1 heterocycles. The maximum atomic E-state index is 14.0. The molecule has 3 aromatic carbocycles. The van der Waals surface area contributed by atoms with E-state index in [9.17, 15) is 18.8 Å². The van der Waals surface area contributed by atoms with E-state index < -0.39 is 17.5 Å². The molecule has 0 radical (unpaired) electrons. The van der Waals surface area contributed by atoms with Gasteiger partial charge in [-0.2, -0.15) is 0 Å². The summed E-state index contributed by atoms with van der Waals surface area (Å²) in [6.45, 7) is -0.0558. The molecule has 0 atom stereocenters. The Morgan fingerprint density at radius 1 is 0.865 bits per heavy atom. The summed E-state index contributed by atoms with van der Waals surface area (Å²) in [5.74, 6) is -1.11. The van der Waals surface area contributed by atoms with Gasteiger partial charge in [0, 0.05) is 12.6 Å². The summed E-state index contributed by atoms with van der Waals surface area (Å²) in [6.07, 6.45) is 4.90. The second-order valence-corrected chi connectivity index (χ2v) is 9.74. The SMILES string of the molecule is O=C1NC(c2ccccc2)(c2ccccc2)C(=O)N1CC(=O)N(Cc1ccc(F)cc1)C1CCCCC1. The summed E-state index contributed by atoms with van der Waals surface area (Å²) in [4.78, 5) is 43.8. The molecule has 37 heavy (non-hydrogen) atoms. The second kappa shape index (κ2) is 10.5. The minimum absolute atomic E-state index is 0.0140. The Bertz CT molecular complexity index is 1220. The Balaban J connectivity index is 1.44. The molecule has 0 unspecified atom stereocenters. The van der Waals surface area contributed by atoms with E-state index in [4.69, 9.17) is 0 Å². The molecule has 5 rings (SSSR count). The fourth-order valence-corrected chi connectivity index (χ4v) is 5.48. The topological polar surface area (TPSA) is 69.7 Å². The molecule has 0 aromatic heterocycles. The van der Waals surface area contributed by atoms with Gasteiger partial charge in [0.15, 0.2) is 5.54 Å². The highest BCUT2D eigenvalue weighted by Crippen LogP contribution is 2.36. The fourth-order valence-electron chi connectivity index (χ4n) is 5.48. The molecule has 0 spiro atoms. The molecule has 1 N–H and O–H groups in total. The summed E-state index contributed by atoms with van der Waals surface area (Å²) in [5.41, 5.74) is 0.655. The van der Waals surface area contributed by atoms with Crippen molar-refractivity contribution < 1.29 is 18.8 Å². The number of nitrogens with one attached hydrogen (secondary N) is 1. The fraction of sp³-hybridized carbons (Fsp3) is 0.300. The highest BCUT2D eigenvalue weighted by molar-refractivity contribution is 6.11. The number of amides is 4. The smallest absolute Gasteiger partial charge is 0.326 e. The average Bonchev–Trinajstić information content (AvgIpc) is 3.19. The number of benzene rings is 3. The van der Waals surface area contributed by atoms with Crippen LogP contribution in [0, 0.1) is 5.82 Å². The predicted molar refractivity (Wildman–Crippen MR) is 138 cm³/mol. The summed E-state index contributed by atoms with van der Waals surface area (Å²) in [6, 6.07) is 23.7. The van der Waals surface area contributed by atoms with Crippen molar-refractivity contribution in [2.75, 3.05) is 6.54 Å². The van der Waals surface area contributed by atoms with Crippen LogP contribution in [0.2, 0.25) is 0 Å². The zero-order valence-corrected chi connectivity index (χ0v) is 20.6. The van der Waals surface area contributed by atoms with Crippen molar-refractivity contribution >= 4 is 17.8 Å². The van der Waals surface area contributed by atoms with Crippen molar-refractivity contribution in [2.24, 2.45) is 0 Å². The van der Waals surface area contributed by atoms with Crippen molar-refractivity contribution in [2.45, 2.75) is 50.2 Å². The molecule has 2 aliphatic rings.